The van der Waals surface area contributed by atoms with Crippen LogP contribution in [0.2, 0.25) is 0 Å². The second-order valence-electron chi connectivity index (χ2n) is 6.03. The number of thiazole rings is 1. The maximum absolute atomic E-state index is 12.5. The van der Waals surface area contributed by atoms with Gasteiger partial charge in [-0.15, -0.1) is 11.3 Å². The lowest BCUT2D eigenvalue weighted by Gasteiger charge is -2.18. The Morgan fingerprint density at radius 2 is 2.04 bits per heavy atom. The minimum atomic E-state index is 0.0643. The maximum Gasteiger partial charge on any atom is 0.228 e. The quantitative estimate of drug-likeness (QED) is 0.777. The molecule has 6 nitrogen and oxygen atoms in total. The summed E-state index contributed by atoms with van der Waals surface area (Å²) in [5, 5.41) is 4.97. The molecule has 0 aliphatic heterocycles. The number of amides is 1. The van der Waals surface area contributed by atoms with Gasteiger partial charge in [-0.05, 0) is 26.7 Å². The van der Waals surface area contributed by atoms with Gasteiger partial charge in [-0.25, -0.2) is 4.98 Å². The van der Waals surface area contributed by atoms with Gasteiger partial charge >= 0.3 is 0 Å². The number of aromatic nitrogens is 3. The van der Waals surface area contributed by atoms with E-state index >= 15 is 0 Å². The van der Waals surface area contributed by atoms with E-state index < -0.39 is 0 Å². The smallest absolute Gasteiger partial charge is 0.228 e. The summed E-state index contributed by atoms with van der Waals surface area (Å²) in [6.07, 6.45) is 1.13. The number of hydrogen-bond donors (Lipinski definition) is 0. The van der Waals surface area contributed by atoms with Crippen LogP contribution in [-0.2, 0) is 24.2 Å². The minimum absolute atomic E-state index is 0.0643. The van der Waals surface area contributed by atoms with Crippen LogP contribution in [0.1, 0.15) is 48.1 Å². The summed E-state index contributed by atoms with van der Waals surface area (Å²) < 4.78 is 5.23. The Balaban J connectivity index is 2.00. The van der Waals surface area contributed by atoms with Crippen LogP contribution in [0, 0.1) is 19.8 Å². The molecule has 2 rings (SSSR count). The molecular formula is C16H24N4O2S. The first-order chi connectivity index (χ1) is 10.9. The van der Waals surface area contributed by atoms with E-state index in [1.807, 2.05) is 20.8 Å². The van der Waals surface area contributed by atoms with Gasteiger partial charge in [0, 0.05) is 17.8 Å². The van der Waals surface area contributed by atoms with Crippen molar-refractivity contribution in [3.8, 4) is 0 Å². The normalized spacial score (nSPS) is 11.2. The van der Waals surface area contributed by atoms with Gasteiger partial charge < -0.3 is 9.42 Å². The van der Waals surface area contributed by atoms with Gasteiger partial charge in [0.2, 0.25) is 11.8 Å². The molecule has 0 saturated heterocycles. The van der Waals surface area contributed by atoms with E-state index in [1.165, 1.54) is 0 Å². The highest BCUT2D eigenvalue weighted by Gasteiger charge is 2.18. The second kappa shape index (κ2) is 7.68. The van der Waals surface area contributed by atoms with Crippen LogP contribution in [0.25, 0.3) is 0 Å². The summed E-state index contributed by atoms with van der Waals surface area (Å²) in [6.45, 7) is 11.1. The average Bonchev–Trinajstić information content (AvgIpc) is 3.02. The molecule has 0 fully saturated rings. The molecule has 23 heavy (non-hydrogen) atoms. The highest BCUT2D eigenvalue weighted by Crippen LogP contribution is 2.19. The number of carbonyl (C=O) groups is 1. The van der Waals surface area contributed by atoms with Crippen molar-refractivity contribution in [3.05, 3.63) is 27.3 Å². The molecule has 0 radical (unpaired) electrons. The number of likely N-dealkylation sites (N-methyl/N-ethyl adjacent to an activating group) is 1. The summed E-state index contributed by atoms with van der Waals surface area (Å²) in [4.78, 5) is 24.0. The van der Waals surface area contributed by atoms with Gasteiger partial charge in [0.25, 0.3) is 0 Å². The van der Waals surface area contributed by atoms with Gasteiger partial charge in [0.15, 0.2) is 5.82 Å². The Hall–Kier alpha value is -1.76. The SMILES string of the molecule is CCN(Cc1noc(CC(C)C)n1)C(=O)Cc1sc(C)nc1C. The third kappa shape index (κ3) is 4.86. The minimum Gasteiger partial charge on any atom is -0.339 e. The third-order valence-corrected chi connectivity index (χ3v) is 4.54. The zero-order valence-corrected chi connectivity index (χ0v) is 15.2. The molecule has 2 aromatic rings. The van der Waals surface area contributed by atoms with E-state index in [4.69, 9.17) is 4.52 Å². The van der Waals surface area contributed by atoms with Gasteiger partial charge in [-0.3, -0.25) is 4.79 Å². The van der Waals surface area contributed by atoms with Crippen molar-refractivity contribution in [2.45, 2.75) is 54.0 Å². The van der Waals surface area contributed by atoms with E-state index in [9.17, 15) is 4.79 Å². The number of rotatable bonds is 7. The Bertz CT molecular complexity index is 663. The molecule has 7 heteroatoms. The molecule has 2 heterocycles. The average molecular weight is 336 g/mol. The van der Waals surface area contributed by atoms with Gasteiger partial charge in [0.1, 0.15) is 0 Å². The molecule has 0 unspecified atom stereocenters. The second-order valence-corrected chi connectivity index (χ2v) is 7.32. The number of nitrogens with zero attached hydrogens (tertiary/aromatic N) is 4. The van der Waals surface area contributed by atoms with Crippen LogP contribution in [0.3, 0.4) is 0 Å². The topological polar surface area (TPSA) is 72.1 Å². The first-order valence-corrected chi connectivity index (χ1v) is 8.72. The lowest BCUT2D eigenvalue weighted by molar-refractivity contribution is -0.130. The van der Waals surface area contributed by atoms with Crippen molar-refractivity contribution in [2.75, 3.05) is 6.54 Å². The summed E-state index contributed by atoms with van der Waals surface area (Å²) >= 11 is 1.58. The van der Waals surface area contributed by atoms with E-state index in [-0.39, 0.29) is 5.91 Å². The monoisotopic (exact) mass is 336 g/mol. The fourth-order valence-electron chi connectivity index (χ4n) is 2.32. The van der Waals surface area contributed by atoms with Crippen molar-refractivity contribution < 1.29 is 9.32 Å². The zero-order chi connectivity index (χ0) is 17.0. The Kier molecular flexibility index (Phi) is 5.87. The molecule has 0 bridgehead atoms. The number of hydrogen-bond acceptors (Lipinski definition) is 6. The molecule has 0 aliphatic rings. The summed E-state index contributed by atoms with van der Waals surface area (Å²) in [5.41, 5.74) is 0.940. The molecule has 0 N–H and O–H groups in total. The van der Waals surface area contributed by atoms with Gasteiger partial charge in [0.05, 0.1) is 23.7 Å². The summed E-state index contributed by atoms with van der Waals surface area (Å²) in [7, 11) is 0. The highest BCUT2D eigenvalue weighted by molar-refractivity contribution is 7.11. The molecule has 0 saturated carbocycles. The molecule has 0 aliphatic carbocycles. The molecule has 126 valence electrons. The van der Waals surface area contributed by atoms with Crippen LogP contribution >= 0.6 is 11.3 Å². The van der Waals surface area contributed by atoms with Crippen LogP contribution in [0.4, 0.5) is 0 Å². The van der Waals surface area contributed by atoms with E-state index in [0.717, 1.165) is 22.0 Å². The van der Waals surface area contributed by atoms with Crippen molar-refractivity contribution in [2.24, 2.45) is 5.92 Å². The molecule has 0 aromatic carbocycles. The Labute approximate surface area is 140 Å². The van der Waals surface area contributed by atoms with E-state index in [2.05, 4.69) is 29.0 Å². The predicted molar refractivity (Wildman–Crippen MR) is 89.2 cm³/mol. The van der Waals surface area contributed by atoms with Crippen LogP contribution in [0.15, 0.2) is 4.52 Å². The van der Waals surface area contributed by atoms with Crippen molar-refractivity contribution in [1.29, 1.82) is 0 Å². The highest BCUT2D eigenvalue weighted by atomic mass is 32.1. The maximum atomic E-state index is 12.5. The summed E-state index contributed by atoms with van der Waals surface area (Å²) in [6, 6.07) is 0. The Morgan fingerprint density at radius 3 is 2.61 bits per heavy atom. The number of carbonyl (C=O) groups excluding carboxylic acids is 1. The third-order valence-electron chi connectivity index (χ3n) is 3.47. The fourth-order valence-corrected chi connectivity index (χ4v) is 3.25. The zero-order valence-electron chi connectivity index (χ0n) is 14.4. The summed E-state index contributed by atoms with van der Waals surface area (Å²) in [5.74, 6) is 1.72. The van der Waals surface area contributed by atoms with E-state index in [0.29, 0.717) is 37.1 Å². The van der Waals surface area contributed by atoms with Crippen molar-refractivity contribution in [1.82, 2.24) is 20.0 Å². The number of aryl methyl sites for hydroxylation is 2. The predicted octanol–water partition coefficient (Wildman–Crippen LogP) is 2.93. The van der Waals surface area contributed by atoms with Crippen LogP contribution < -0.4 is 0 Å². The van der Waals surface area contributed by atoms with E-state index in [1.54, 1.807) is 16.2 Å². The molecular weight excluding hydrogens is 312 g/mol. The lowest BCUT2D eigenvalue weighted by Crippen LogP contribution is -2.32. The van der Waals surface area contributed by atoms with Gasteiger partial charge in [-0.2, -0.15) is 4.98 Å². The molecule has 2 aromatic heterocycles. The first-order valence-electron chi connectivity index (χ1n) is 7.91. The standard InChI is InChI=1S/C16H24N4O2S/c1-6-20(9-14-18-15(22-19-14)7-10(2)3)16(21)8-13-11(4)17-12(5)23-13/h10H,6-9H2,1-5H3. The molecule has 0 spiro atoms. The fraction of sp³-hybridized carbons (Fsp3) is 0.625. The molecule has 1 amide bonds. The Morgan fingerprint density at radius 1 is 1.30 bits per heavy atom. The molecule has 0 atom stereocenters. The van der Waals surface area contributed by atoms with Crippen molar-refractivity contribution in [3.63, 3.8) is 0 Å². The largest absolute Gasteiger partial charge is 0.339 e. The van der Waals surface area contributed by atoms with Crippen LogP contribution in [-0.4, -0.2) is 32.5 Å². The van der Waals surface area contributed by atoms with Crippen molar-refractivity contribution >= 4 is 17.2 Å². The first kappa shape index (κ1) is 17.6. The lowest BCUT2D eigenvalue weighted by atomic mass is 10.1. The van der Waals surface area contributed by atoms with Gasteiger partial charge in [-0.1, -0.05) is 19.0 Å². The van der Waals surface area contributed by atoms with Crippen LogP contribution in [0.5, 0.6) is 0 Å².